The zero-order chi connectivity index (χ0) is 13.0. The van der Waals surface area contributed by atoms with Crippen LogP contribution in [-0.4, -0.2) is 18.0 Å². The summed E-state index contributed by atoms with van der Waals surface area (Å²) in [5.74, 6) is -1.27. The molecule has 0 atom stereocenters. The van der Waals surface area contributed by atoms with E-state index in [1.807, 2.05) is 0 Å². The number of alkyl halides is 1. The molecule has 0 aliphatic rings. The second kappa shape index (κ2) is 5.72. The molecule has 1 aromatic rings. The van der Waals surface area contributed by atoms with Crippen molar-refractivity contribution >= 4 is 27.6 Å². The zero-order valence-corrected chi connectivity index (χ0v) is 10.5. The van der Waals surface area contributed by atoms with Gasteiger partial charge in [-0.05, 0) is 12.1 Å². The Bertz CT molecular complexity index is 464. The number of rotatable bonds is 4. The number of nitro benzene ring substituents is 1. The summed E-state index contributed by atoms with van der Waals surface area (Å²) in [5.41, 5.74) is -0.0566. The van der Waals surface area contributed by atoms with E-state index in [0.717, 1.165) is 12.1 Å². The Hall–Kier alpha value is -1.50. The molecule has 0 heterocycles. The fraction of sp³-hybridized carbons (Fsp3) is 0.300. The number of methoxy groups -OCH3 is 1. The number of esters is 1. The minimum atomic E-state index is -0.653. The molecule has 1 aromatic carbocycles. The first-order valence-electron chi connectivity index (χ1n) is 4.58. The van der Waals surface area contributed by atoms with E-state index in [1.54, 1.807) is 0 Å². The standard InChI is InChI=1S/C10H9BrFNO4/c1-17-9(14)4-6-2-8(12)3-7(5-11)10(6)13(15)16/h2-3H,4-5H2,1H3. The molecule has 7 heteroatoms. The summed E-state index contributed by atoms with van der Waals surface area (Å²) in [4.78, 5) is 21.4. The van der Waals surface area contributed by atoms with E-state index in [0.29, 0.717) is 0 Å². The number of hydrogen-bond acceptors (Lipinski definition) is 4. The number of carbonyl (C=O) groups is 1. The molecule has 0 bridgehead atoms. The summed E-state index contributed by atoms with van der Waals surface area (Å²) < 4.78 is 17.6. The Morgan fingerprint density at radius 3 is 2.59 bits per heavy atom. The topological polar surface area (TPSA) is 69.4 Å². The van der Waals surface area contributed by atoms with E-state index in [1.165, 1.54) is 7.11 Å². The number of nitrogens with zero attached hydrogens (tertiary/aromatic N) is 1. The van der Waals surface area contributed by atoms with Crippen LogP contribution in [0.4, 0.5) is 10.1 Å². The lowest BCUT2D eigenvalue weighted by Gasteiger charge is -2.06. The van der Waals surface area contributed by atoms with Crippen molar-refractivity contribution in [2.24, 2.45) is 0 Å². The van der Waals surface area contributed by atoms with Gasteiger partial charge in [-0.1, -0.05) is 15.9 Å². The number of carbonyl (C=O) groups excluding carboxylic acids is 1. The van der Waals surface area contributed by atoms with Crippen molar-refractivity contribution in [2.75, 3.05) is 7.11 Å². The van der Waals surface area contributed by atoms with Crippen LogP contribution in [0, 0.1) is 15.9 Å². The van der Waals surface area contributed by atoms with Gasteiger partial charge in [-0.3, -0.25) is 14.9 Å². The second-order valence-electron chi connectivity index (χ2n) is 3.22. The molecule has 0 radical (unpaired) electrons. The smallest absolute Gasteiger partial charge is 0.310 e. The Labute approximate surface area is 105 Å². The molecule has 1 rings (SSSR count). The molecular formula is C10H9BrFNO4. The fourth-order valence-electron chi connectivity index (χ4n) is 1.42. The number of hydrogen-bond donors (Lipinski definition) is 0. The minimum absolute atomic E-state index is 0.0105. The third-order valence-corrected chi connectivity index (χ3v) is 2.73. The second-order valence-corrected chi connectivity index (χ2v) is 3.78. The van der Waals surface area contributed by atoms with Crippen molar-refractivity contribution in [3.63, 3.8) is 0 Å². The lowest BCUT2D eigenvalue weighted by Crippen LogP contribution is -2.08. The summed E-state index contributed by atoms with van der Waals surface area (Å²) in [6, 6.07) is 2.04. The van der Waals surface area contributed by atoms with E-state index >= 15 is 0 Å². The van der Waals surface area contributed by atoms with E-state index in [2.05, 4.69) is 20.7 Å². The minimum Gasteiger partial charge on any atom is -0.469 e. The summed E-state index contributed by atoms with van der Waals surface area (Å²) in [6.45, 7) is 0. The van der Waals surface area contributed by atoms with Gasteiger partial charge in [-0.25, -0.2) is 4.39 Å². The highest BCUT2D eigenvalue weighted by Crippen LogP contribution is 2.27. The van der Waals surface area contributed by atoms with Crippen molar-refractivity contribution < 1.29 is 18.8 Å². The lowest BCUT2D eigenvalue weighted by molar-refractivity contribution is -0.386. The maximum atomic E-state index is 13.2. The van der Waals surface area contributed by atoms with Gasteiger partial charge < -0.3 is 4.74 Å². The largest absolute Gasteiger partial charge is 0.469 e. The molecule has 0 aliphatic heterocycles. The molecule has 0 saturated heterocycles. The molecule has 5 nitrogen and oxygen atoms in total. The van der Waals surface area contributed by atoms with Gasteiger partial charge in [0.2, 0.25) is 0 Å². The van der Waals surface area contributed by atoms with E-state index in [9.17, 15) is 19.3 Å². The van der Waals surface area contributed by atoms with Gasteiger partial charge in [0.15, 0.2) is 0 Å². The van der Waals surface area contributed by atoms with E-state index < -0.39 is 16.7 Å². The van der Waals surface area contributed by atoms with Crippen molar-refractivity contribution in [1.82, 2.24) is 0 Å². The van der Waals surface area contributed by atoms with Gasteiger partial charge in [0, 0.05) is 16.5 Å². The third-order valence-electron chi connectivity index (χ3n) is 2.12. The molecule has 92 valence electrons. The highest BCUT2D eigenvalue weighted by atomic mass is 79.9. The maximum absolute atomic E-state index is 13.2. The highest BCUT2D eigenvalue weighted by Gasteiger charge is 2.22. The van der Waals surface area contributed by atoms with Gasteiger partial charge >= 0.3 is 5.97 Å². The average molecular weight is 306 g/mol. The number of benzene rings is 1. The summed E-state index contributed by atoms with van der Waals surface area (Å²) >= 11 is 3.04. The SMILES string of the molecule is COC(=O)Cc1cc(F)cc(CBr)c1[N+](=O)[O-]. The van der Waals surface area contributed by atoms with E-state index in [4.69, 9.17) is 0 Å². The van der Waals surface area contributed by atoms with Crippen LogP contribution in [0.3, 0.4) is 0 Å². The van der Waals surface area contributed by atoms with E-state index in [-0.39, 0.29) is 28.6 Å². The Morgan fingerprint density at radius 1 is 1.53 bits per heavy atom. The van der Waals surface area contributed by atoms with Gasteiger partial charge in [-0.15, -0.1) is 0 Å². The maximum Gasteiger partial charge on any atom is 0.310 e. The predicted molar refractivity (Wildman–Crippen MR) is 61.4 cm³/mol. The average Bonchev–Trinajstić information content (AvgIpc) is 2.27. The normalized spacial score (nSPS) is 10.1. The van der Waals surface area contributed by atoms with Crippen LogP contribution in [0.5, 0.6) is 0 Å². The van der Waals surface area contributed by atoms with Crippen molar-refractivity contribution in [1.29, 1.82) is 0 Å². The highest BCUT2D eigenvalue weighted by molar-refractivity contribution is 9.08. The molecule has 0 spiro atoms. The van der Waals surface area contributed by atoms with Crippen LogP contribution in [-0.2, 0) is 21.3 Å². The Balaban J connectivity index is 3.30. The number of nitro groups is 1. The van der Waals surface area contributed by atoms with Gasteiger partial charge in [0.1, 0.15) is 5.82 Å². The van der Waals surface area contributed by atoms with Crippen LogP contribution < -0.4 is 0 Å². The monoisotopic (exact) mass is 305 g/mol. The molecule has 0 unspecified atom stereocenters. The number of ether oxygens (including phenoxy) is 1. The molecule has 0 fully saturated rings. The van der Waals surface area contributed by atoms with Crippen molar-refractivity contribution in [3.05, 3.63) is 39.2 Å². The van der Waals surface area contributed by atoms with Gasteiger partial charge in [0.05, 0.1) is 18.5 Å². The molecule has 17 heavy (non-hydrogen) atoms. The fourth-order valence-corrected chi connectivity index (χ4v) is 1.84. The zero-order valence-electron chi connectivity index (χ0n) is 8.91. The first-order valence-corrected chi connectivity index (χ1v) is 5.70. The van der Waals surface area contributed by atoms with Crippen LogP contribution in [0.1, 0.15) is 11.1 Å². The summed E-state index contributed by atoms with van der Waals surface area (Å²) in [5, 5.41) is 11.0. The van der Waals surface area contributed by atoms with Crippen LogP contribution in [0.15, 0.2) is 12.1 Å². The molecule has 0 aromatic heterocycles. The number of halogens is 2. The van der Waals surface area contributed by atoms with Gasteiger partial charge in [-0.2, -0.15) is 0 Å². The van der Waals surface area contributed by atoms with Crippen LogP contribution in [0.25, 0.3) is 0 Å². The quantitative estimate of drug-likeness (QED) is 0.370. The Morgan fingerprint density at radius 2 is 2.12 bits per heavy atom. The van der Waals surface area contributed by atoms with Gasteiger partial charge in [0.25, 0.3) is 5.69 Å². The molecule has 0 N–H and O–H groups in total. The first-order chi connectivity index (χ1) is 7.99. The summed E-state index contributed by atoms with van der Waals surface area (Å²) in [7, 11) is 1.17. The molecule has 0 saturated carbocycles. The van der Waals surface area contributed by atoms with Crippen LogP contribution >= 0.6 is 15.9 Å². The molecular weight excluding hydrogens is 297 g/mol. The molecule has 0 amide bonds. The third kappa shape index (κ3) is 3.23. The molecule has 0 aliphatic carbocycles. The van der Waals surface area contributed by atoms with Crippen molar-refractivity contribution in [3.8, 4) is 0 Å². The first kappa shape index (κ1) is 13.6. The lowest BCUT2D eigenvalue weighted by atomic mass is 10.1. The summed E-state index contributed by atoms with van der Waals surface area (Å²) in [6.07, 6.45) is -0.329. The Kier molecular flexibility index (Phi) is 4.56. The van der Waals surface area contributed by atoms with Crippen molar-refractivity contribution in [2.45, 2.75) is 11.8 Å². The van der Waals surface area contributed by atoms with Crippen LogP contribution in [0.2, 0.25) is 0 Å². The predicted octanol–water partition coefficient (Wildman–Crippen LogP) is 2.34.